The summed E-state index contributed by atoms with van der Waals surface area (Å²) in [5, 5.41) is 3.25. The Morgan fingerprint density at radius 3 is 2.38 bits per heavy atom. The van der Waals surface area contributed by atoms with Gasteiger partial charge in [-0.25, -0.2) is 12.7 Å². The quantitative estimate of drug-likeness (QED) is 0.642. The van der Waals surface area contributed by atoms with Gasteiger partial charge in [0.2, 0.25) is 10.0 Å². The van der Waals surface area contributed by atoms with Gasteiger partial charge in [0.1, 0.15) is 0 Å². The molecule has 0 aromatic rings. The predicted molar refractivity (Wildman–Crippen MR) is 83.6 cm³/mol. The van der Waals surface area contributed by atoms with Crippen molar-refractivity contribution in [2.24, 2.45) is 5.92 Å². The Labute approximate surface area is 129 Å². The Bertz CT molecular complexity index is 382. The van der Waals surface area contributed by atoms with Crippen LogP contribution in [0.4, 0.5) is 0 Å². The van der Waals surface area contributed by atoms with Crippen molar-refractivity contribution >= 4 is 10.0 Å². The molecule has 7 heteroatoms. The number of sulfonamides is 1. The third-order valence-electron chi connectivity index (χ3n) is 3.90. The highest BCUT2D eigenvalue weighted by Gasteiger charge is 2.30. The van der Waals surface area contributed by atoms with Crippen LogP contribution in [0, 0.1) is 5.92 Å². The first-order valence-electron chi connectivity index (χ1n) is 7.77. The number of likely N-dealkylation sites (N-methyl/N-ethyl adjacent to an activating group) is 1. The molecule has 1 aliphatic heterocycles. The molecule has 1 heterocycles. The minimum absolute atomic E-state index is 0.0782. The second-order valence-corrected chi connectivity index (χ2v) is 7.52. The Morgan fingerprint density at radius 2 is 1.90 bits per heavy atom. The Morgan fingerprint density at radius 1 is 1.29 bits per heavy atom. The fraction of sp³-hybridized carbons (Fsp3) is 1.00. The van der Waals surface area contributed by atoms with Gasteiger partial charge in [-0.3, -0.25) is 0 Å². The summed E-state index contributed by atoms with van der Waals surface area (Å²) in [5.41, 5.74) is 0. The number of rotatable bonds is 9. The van der Waals surface area contributed by atoms with Gasteiger partial charge in [-0.2, -0.15) is 0 Å². The van der Waals surface area contributed by atoms with Gasteiger partial charge in [0.25, 0.3) is 0 Å². The lowest BCUT2D eigenvalue weighted by Gasteiger charge is -2.35. The first-order chi connectivity index (χ1) is 9.92. The number of hydrogen-bond acceptors (Lipinski definition) is 5. The second kappa shape index (κ2) is 9.05. The minimum Gasteiger partial charge on any atom is -0.351 e. The molecule has 0 amide bonds. The van der Waals surface area contributed by atoms with E-state index in [0.717, 1.165) is 19.3 Å². The van der Waals surface area contributed by atoms with E-state index in [9.17, 15) is 8.42 Å². The summed E-state index contributed by atoms with van der Waals surface area (Å²) >= 11 is 0. The first kappa shape index (κ1) is 18.8. The largest absolute Gasteiger partial charge is 0.351 e. The topological polar surface area (TPSA) is 67.9 Å². The van der Waals surface area contributed by atoms with Crippen LogP contribution in [-0.4, -0.2) is 64.7 Å². The van der Waals surface area contributed by atoms with Crippen molar-refractivity contribution in [1.29, 1.82) is 0 Å². The van der Waals surface area contributed by atoms with Gasteiger partial charge in [0, 0.05) is 26.3 Å². The minimum atomic E-state index is -3.09. The van der Waals surface area contributed by atoms with E-state index in [-0.39, 0.29) is 12.3 Å². The van der Waals surface area contributed by atoms with Crippen LogP contribution >= 0.6 is 0 Å². The Hall–Kier alpha value is -0.210. The molecule has 0 radical (unpaired) electrons. The van der Waals surface area contributed by atoms with E-state index in [2.05, 4.69) is 5.32 Å². The zero-order valence-electron chi connectivity index (χ0n) is 13.7. The van der Waals surface area contributed by atoms with Crippen LogP contribution in [-0.2, 0) is 19.5 Å². The van der Waals surface area contributed by atoms with Crippen LogP contribution in [0.3, 0.4) is 0 Å². The van der Waals surface area contributed by atoms with Crippen LogP contribution in [0.1, 0.15) is 33.1 Å². The van der Waals surface area contributed by atoms with Gasteiger partial charge in [-0.1, -0.05) is 0 Å². The molecule has 0 bridgehead atoms. The fourth-order valence-corrected chi connectivity index (χ4v) is 3.80. The Kier molecular flexibility index (Phi) is 8.12. The number of ether oxygens (including phenoxy) is 2. The lowest BCUT2D eigenvalue weighted by atomic mass is 9.92. The van der Waals surface area contributed by atoms with Gasteiger partial charge in [-0.05, 0) is 46.1 Å². The van der Waals surface area contributed by atoms with Crippen molar-refractivity contribution in [2.45, 2.75) is 45.4 Å². The van der Waals surface area contributed by atoms with E-state index in [0.29, 0.717) is 32.2 Å². The van der Waals surface area contributed by atoms with Gasteiger partial charge in [-0.15, -0.1) is 0 Å². The summed E-state index contributed by atoms with van der Waals surface area (Å²) in [6.45, 7) is 6.34. The van der Waals surface area contributed by atoms with Crippen molar-refractivity contribution in [3.63, 3.8) is 0 Å². The van der Waals surface area contributed by atoms with E-state index >= 15 is 0 Å². The molecule has 126 valence electrons. The van der Waals surface area contributed by atoms with Gasteiger partial charge in [0.05, 0.1) is 12.3 Å². The van der Waals surface area contributed by atoms with Crippen LogP contribution in [0.25, 0.3) is 0 Å². The summed E-state index contributed by atoms with van der Waals surface area (Å²) in [5.74, 6) is 0.342. The van der Waals surface area contributed by atoms with E-state index in [1.165, 1.54) is 6.26 Å². The predicted octanol–water partition coefficient (Wildman–Crippen LogP) is 1.04. The highest BCUT2D eigenvalue weighted by molar-refractivity contribution is 7.88. The van der Waals surface area contributed by atoms with E-state index < -0.39 is 10.0 Å². The van der Waals surface area contributed by atoms with Crippen molar-refractivity contribution in [3.8, 4) is 0 Å². The van der Waals surface area contributed by atoms with Crippen molar-refractivity contribution in [1.82, 2.24) is 9.62 Å². The molecular formula is C14H30N2O4S. The fourth-order valence-electron chi connectivity index (χ4n) is 2.85. The van der Waals surface area contributed by atoms with E-state index in [1.807, 2.05) is 20.9 Å². The molecule has 21 heavy (non-hydrogen) atoms. The lowest BCUT2D eigenvalue weighted by molar-refractivity contribution is -0.156. The molecule has 1 N–H and O–H groups in total. The van der Waals surface area contributed by atoms with Crippen LogP contribution in [0.5, 0.6) is 0 Å². The number of piperidine rings is 1. The molecule has 0 spiro atoms. The maximum Gasteiger partial charge on any atom is 0.211 e. The van der Waals surface area contributed by atoms with Crippen molar-refractivity contribution in [2.75, 3.05) is 39.6 Å². The molecular weight excluding hydrogens is 292 g/mol. The number of nitrogens with zero attached hydrogens (tertiary/aromatic N) is 1. The van der Waals surface area contributed by atoms with Crippen molar-refractivity contribution in [3.05, 3.63) is 0 Å². The molecule has 2 unspecified atom stereocenters. The molecule has 1 fully saturated rings. The van der Waals surface area contributed by atoms with Crippen LogP contribution < -0.4 is 5.32 Å². The molecule has 0 aliphatic carbocycles. The molecule has 1 aliphatic rings. The first-order valence-corrected chi connectivity index (χ1v) is 9.62. The van der Waals surface area contributed by atoms with E-state index in [1.54, 1.807) is 4.31 Å². The van der Waals surface area contributed by atoms with Gasteiger partial charge < -0.3 is 14.8 Å². The lowest BCUT2D eigenvalue weighted by Crippen LogP contribution is -2.46. The molecule has 2 atom stereocenters. The molecule has 1 saturated heterocycles. The molecule has 6 nitrogen and oxygen atoms in total. The molecule has 0 aromatic carbocycles. The van der Waals surface area contributed by atoms with Gasteiger partial charge in [0.15, 0.2) is 6.29 Å². The summed E-state index contributed by atoms with van der Waals surface area (Å²) in [4.78, 5) is 0. The maximum atomic E-state index is 11.7. The summed E-state index contributed by atoms with van der Waals surface area (Å²) < 4.78 is 36.3. The smallest absolute Gasteiger partial charge is 0.211 e. The zero-order valence-corrected chi connectivity index (χ0v) is 14.5. The Balaban J connectivity index is 2.62. The standard InChI is InChI=1S/C14H30N2O4S/c1-5-19-14(20-6-2)13(15-3)10-12-8-7-9-16(11-12)21(4,17)18/h12-15H,5-11H2,1-4H3. The van der Waals surface area contributed by atoms with Gasteiger partial charge >= 0.3 is 0 Å². The number of hydrogen-bond donors (Lipinski definition) is 1. The normalized spacial score (nSPS) is 22.6. The zero-order chi connectivity index (χ0) is 15.9. The summed E-state index contributed by atoms with van der Waals surface area (Å²) in [6, 6.07) is 0.0782. The summed E-state index contributed by atoms with van der Waals surface area (Å²) in [6.07, 6.45) is 3.83. The average Bonchev–Trinajstić information content (AvgIpc) is 2.44. The molecule has 1 rings (SSSR count). The highest BCUT2D eigenvalue weighted by Crippen LogP contribution is 2.24. The van der Waals surface area contributed by atoms with Crippen molar-refractivity contribution < 1.29 is 17.9 Å². The monoisotopic (exact) mass is 322 g/mol. The highest BCUT2D eigenvalue weighted by atomic mass is 32.2. The number of nitrogens with one attached hydrogen (secondary N) is 1. The second-order valence-electron chi connectivity index (χ2n) is 5.54. The van der Waals surface area contributed by atoms with E-state index in [4.69, 9.17) is 9.47 Å². The maximum absolute atomic E-state index is 11.7. The third kappa shape index (κ3) is 6.20. The summed E-state index contributed by atoms with van der Waals surface area (Å²) in [7, 11) is -1.20. The average molecular weight is 322 g/mol. The third-order valence-corrected chi connectivity index (χ3v) is 5.17. The molecule has 0 aromatic heterocycles. The van der Waals surface area contributed by atoms with Crippen LogP contribution in [0.2, 0.25) is 0 Å². The molecule has 0 saturated carbocycles. The van der Waals surface area contributed by atoms with Crippen LogP contribution in [0.15, 0.2) is 0 Å². The SMILES string of the molecule is CCOC(OCC)C(CC1CCCN(S(C)(=O)=O)C1)NC.